The number of hydrogen-bond donors (Lipinski definition) is 1. The lowest BCUT2D eigenvalue weighted by atomic mass is 10.1. The Morgan fingerprint density at radius 1 is 1.07 bits per heavy atom. The number of piperazine rings is 1. The molecule has 1 saturated heterocycles. The molecule has 0 spiro atoms. The zero-order valence-electron chi connectivity index (χ0n) is 17.9. The van der Waals surface area contributed by atoms with E-state index in [9.17, 15) is 4.39 Å². The molecular formula is C20H34FIN4O3. The Bertz CT molecular complexity index is 615. The van der Waals surface area contributed by atoms with Gasteiger partial charge < -0.3 is 24.4 Å². The van der Waals surface area contributed by atoms with Gasteiger partial charge in [0.2, 0.25) is 5.75 Å². The van der Waals surface area contributed by atoms with E-state index >= 15 is 0 Å². The van der Waals surface area contributed by atoms with Crippen molar-refractivity contribution < 1.29 is 18.6 Å². The Morgan fingerprint density at radius 2 is 1.69 bits per heavy atom. The molecule has 1 aliphatic rings. The summed E-state index contributed by atoms with van der Waals surface area (Å²) in [5, 5.41) is 3.31. The highest BCUT2D eigenvalue weighted by molar-refractivity contribution is 14.0. The summed E-state index contributed by atoms with van der Waals surface area (Å²) in [7, 11) is 4.87. The fourth-order valence-corrected chi connectivity index (χ4v) is 3.27. The maximum Gasteiger partial charge on any atom is 0.203 e. The molecule has 1 aliphatic heterocycles. The lowest BCUT2D eigenvalue weighted by molar-refractivity contribution is 0.172. The lowest BCUT2D eigenvalue weighted by Crippen LogP contribution is -2.52. The van der Waals surface area contributed by atoms with E-state index in [0.717, 1.165) is 50.8 Å². The van der Waals surface area contributed by atoms with Gasteiger partial charge in [-0.25, -0.2) is 0 Å². The van der Waals surface area contributed by atoms with E-state index in [1.807, 2.05) is 19.1 Å². The topological polar surface area (TPSA) is 58.6 Å². The van der Waals surface area contributed by atoms with E-state index in [1.165, 1.54) is 0 Å². The van der Waals surface area contributed by atoms with Crippen molar-refractivity contribution in [2.24, 2.45) is 4.99 Å². The van der Waals surface area contributed by atoms with Gasteiger partial charge in [-0.2, -0.15) is 0 Å². The average Bonchev–Trinajstić information content (AvgIpc) is 2.73. The summed E-state index contributed by atoms with van der Waals surface area (Å²) in [6.45, 7) is 7.45. The van der Waals surface area contributed by atoms with E-state index < -0.39 is 0 Å². The molecule has 29 heavy (non-hydrogen) atoms. The molecule has 9 heteroatoms. The standard InChI is InChI=1S/C20H33FN4O3.HI/c1-5-22-20(23-8-6-7-21)25-11-9-24(10-12-25)15-16-13-17(26-2)19(28-4)18(14-16)27-3;/h13-14H,5-12,15H2,1-4H3,(H,22,23);1H. The van der Waals surface area contributed by atoms with Crippen LogP contribution in [0.5, 0.6) is 17.2 Å². The molecule has 1 fully saturated rings. The van der Waals surface area contributed by atoms with Crippen molar-refractivity contribution in [2.75, 3.05) is 67.3 Å². The van der Waals surface area contributed by atoms with Gasteiger partial charge in [-0.05, 0) is 31.0 Å². The normalized spacial score (nSPS) is 14.9. The number of guanidine groups is 1. The number of nitrogens with one attached hydrogen (secondary N) is 1. The van der Waals surface area contributed by atoms with Crippen LogP contribution in [0.25, 0.3) is 0 Å². The van der Waals surface area contributed by atoms with Crippen LogP contribution in [-0.4, -0.2) is 83.0 Å². The maximum absolute atomic E-state index is 12.4. The Morgan fingerprint density at radius 3 is 2.17 bits per heavy atom. The minimum Gasteiger partial charge on any atom is -0.493 e. The van der Waals surface area contributed by atoms with Crippen LogP contribution < -0.4 is 19.5 Å². The molecule has 0 aliphatic carbocycles. The van der Waals surface area contributed by atoms with Crippen molar-refractivity contribution in [1.29, 1.82) is 0 Å². The largest absolute Gasteiger partial charge is 0.493 e. The van der Waals surface area contributed by atoms with E-state index in [0.29, 0.717) is 30.2 Å². The molecule has 0 aromatic heterocycles. The third-order valence-electron chi connectivity index (χ3n) is 4.69. The Balaban J connectivity index is 0.00000420. The number of hydrogen-bond acceptors (Lipinski definition) is 5. The second-order valence-electron chi connectivity index (χ2n) is 6.57. The van der Waals surface area contributed by atoms with Gasteiger partial charge in [-0.1, -0.05) is 0 Å². The molecular weight excluding hydrogens is 490 g/mol. The van der Waals surface area contributed by atoms with Gasteiger partial charge in [-0.15, -0.1) is 24.0 Å². The number of nitrogens with zero attached hydrogens (tertiary/aromatic N) is 3. The van der Waals surface area contributed by atoms with Crippen molar-refractivity contribution in [1.82, 2.24) is 15.1 Å². The summed E-state index contributed by atoms with van der Waals surface area (Å²) in [5.41, 5.74) is 1.12. The summed E-state index contributed by atoms with van der Waals surface area (Å²) < 4.78 is 28.6. The first-order valence-corrected chi connectivity index (χ1v) is 9.77. The van der Waals surface area contributed by atoms with E-state index in [4.69, 9.17) is 14.2 Å². The molecule has 0 amide bonds. The first-order chi connectivity index (χ1) is 13.7. The first-order valence-electron chi connectivity index (χ1n) is 9.77. The van der Waals surface area contributed by atoms with Gasteiger partial charge in [0.05, 0.1) is 28.0 Å². The average molecular weight is 524 g/mol. The van der Waals surface area contributed by atoms with Crippen molar-refractivity contribution in [3.05, 3.63) is 17.7 Å². The Hall–Kier alpha value is -1.49. The quantitative estimate of drug-likeness (QED) is 0.232. The van der Waals surface area contributed by atoms with Gasteiger partial charge in [0.25, 0.3) is 0 Å². The fourth-order valence-electron chi connectivity index (χ4n) is 3.27. The maximum atomic E-state index is 12.4. The van der Waals surface area contributed by atoms with Gasteiger partial charge in [0, 0.05) is 45.8 Å². The van der Waals surface area contributed by atoms with Gasteiger partial charge >= 0.3 is 0 Å². The zero-order valence-corrected chi connectivity index (χ0v) is 20.2. The minimum absolute atomic E-state index is 0. The van der Waals surface area contributed by atoms with E-state index in [2.05, 4.69) is 20.1 Å². The van der Waals surface area contributed by atoms with Crippen LogP contribution in [0.4, 0.5) is 4.39 Å². The summed E-state index contributed by atoms with van der Waals surface area (Å²) in [5.74, 6) is 2.83. The summed E-state index contributed by atoms with van der Waals surface area (Å²) in [6.07, 6.45) is 0.468. The smallest absolute Gasteiger partial charge is 0.203 e. The number of halogens is 2. The van der Waals surface area contributed by atoms with Crippen LogP contribution >= 0.6 is 24.0 Å². The van der Waals surface area contributed by atoms with Crippen LogP contribution in [0.3, 0.4) is 0 Å². The molecule has 0 radical (unpaired) electrons. The second kappa shape index (κ2) is 13.7. The Kier molecular flexibility index (Phi) is 12.1. The fraction of sp³-hybridized carbons (Fsp3) is 0.650. The molecule has 0 atom stereocenters. The number of ether oxygens (including phenoxy) is 3. The summed E-state index contributed by atoms with van der Waals surface area (Å²) >= 11 is 0. The molecule has 2 rings (SSSR count). The van der Waals surface area contributed by atoms with Crippen molar-refractivity contribution in [2.45, 2.75) is 19.9 Å². The molecule has 1 aromatic carbocycles. The first kappa shape index (κ1) is 25.5. The summed E-state index contributed by atoms with van der Waals surface area (Å²) in [6, 6.07) is 3.99. The van der Waals surface area contributed by atoms with Gasteiger partial charge in [0.1, 0.15) is 0 Å². The third kappa shape index (κ3) is 7.36. The molecule has 1 heterocycles. The summed E-state index contributed by atoms with van der Waals surface area (Å²) in [4.78, 5) is 9.16. The second-order valence-corrected chi connectivity index (χ2v) is 6.57. The highest BCUT2D eigenvalue weighted by Crippen LogP contribution is 2.38. The van der Waals surface area contributed by atoms with Crippen LogP contribution in [0.1, 0.15) is 18.9 Å². The molecule has 0 bridgehead atoms. The molecule has 7 nitrogen and oxygen atoms in total. The highest BCUT2D eigenvalue weighted by Gasteiger charge is 2.21. The molecule has 1 N–H and O–H groups in total. The predicted octanol–water partition coefficient (Wildman–Crippen LogP) is 2.77. The monoisotopic (exact) mass is 524 g/mol. The molecule has 1 aromatic rings. The van der Waals surface area contributed by atoms with Crippen molar-refractivity contribution in [3.63, 3.8) is 0 Å². The van der Waals surface area contributed by atoms with Crippen LogP contribution in [-0.2, 0) is 6.54 Å². The third-order valence-corrected chi connectivity index (χ3v) is 4.69. The SMILES string of the molecule is CCNC(=NCCCF)N1CCN(Cc2cc(OC)c(OC)c(OC)c2)CC1.I. The lowest BCUT2D eigenvalue weighted by Gasteiger charge is -2.36. The number of alkyl halides is 1. The minimum atomic E-state index is -0.328. The van der Waals surface area contributed by atoms with E-state index in [-0.39, 0.29) is 30.7 Å². The van der Waals surface area contributed by atoms with Crippen molar-refractivity contribution >= 4 is 29.9 Å². The number of methoxy groups -OCH3 is 3. The van der Waals surface area contributed by atoms with Crippen LogP contribution in [0.2, 0.25) is 0 Å². The zero-order chi connectivity index (χ0) is 20.4. The van der Waals surface area contributed by atoms with E-state index in [1.54, 1.807) is 21.3 Å². The molecule has 0 unspecified atom stereocenters. The number of rotatable bonds is 9. The Labute approximate surface area is 190 Å². The van der Waals surface area contributed by atoms with Crippen LogP contribution in [0, 0.1) is 0 Å². The highest BCUT2D eigenvalue weighted by atomic mass is 127. The molecule has 166 valence electrons. The van der Waals surface area contributed by atoms with Gasteiger partial charge in [-0.3, -0.25) is 14.3 Å². The number of benzene rings is 1. The van der Waals surface area contributed by atoms with Crippen LogP contribution in [0.15, 0.2) is 17.1 Å². The van der Waals surface area contributed by atoms with Gasteiger partial charge in [0.15, 0.2) is 17.5 Å². The number of aliphatic imine (C=N–C) groups is 1. The predicted molar refractivity (Wildman–Crippen MR) is 125 cm³/mol. The molecule has 0 saturated carbocycles. The van der Waals surface area contributed by atoms with Crippen molar-refractivity contribution in [3.8, 4) is 17.2 Å².